The van der Waals surface area contributed by atoms with Crippen molar-refractivity contribution in [3.05, 3.63) is 54.6 Å². The molecule has 0 radical (unpaired) electrons. The van der Waals surface area contributed by atoms with Crippen LogP contribution in [0.3, 0.4) is 0 Å². The Balaban J connectivity index is 1.78. The first-order chi connectivity index (χ1) is 12.0. The first kappa shape index (κ1) is 17.4. The van der Waals surface area contributed by atoms with E-state index in [2.05, 4.69) is 15.4 Å². The molecule has 0 bridgehead atoms. The Hall–Kier alpha value is -2.38. The normalized spacial score (nSPS) is 15.9. The van der Waals surface area contributed by atoms with Gasteiger partial charge in [-0.25, -0.2) is 8.42 Å². The Labute approximate surface area is 147 Å². The lowest BCUT2D eigenvalue weighted by Gasteiger charge is -2.31. The zero-order chi connectivity index (χ0) is 17.9. The number of nitrogens with one attached hydrogen (secondary N) is 3. The van der Waals surface area contributed by atoms with Crippen LogP contribution in [0.2, 0.25) is 0 Å². The molecule has 0 aromatic heterocycles. The lowest BCUT2D eigenvalue weighted by atomic mass is 9.88. The smallest absolute Gasteiger partial charge is 0.261 e. The summed E-state index contributed by atoms with van der Waals surface area (Å²) in [6.45, 7) is 3.55. The lowest BCUT2D eigenvalue weighted by molar-refractivity contribution is -0.121. The maximum atomic E-state index is 12.5. The molecule has 2 aromatic carbocycles. The second kappa shape index (κ2) is 7.25. The highest BCUT2D eigenvalue weighted by atomic mass is 32.2. The van der Waals surface area contributed by atoms with E-state index in [0.717, 1.165) is 13.1 Å². The molecule has 1 fully saturated rings. The van der Waals surface area contributed by atoms with Crippen LogP contribution in [0.4, 0.5) is 11.4 Å². The number of anilines is 2. The Bertz CT molecular complexity index is 849. The van der Waals surface area contributed by atoms with E-state index in [1.165, 1.54) is 12.1 Å². The van der Waals surface area contributed by atoms with Gasteiger partial charge in [0.1, 0.15) is 0 Å². The third-order valence-corrected chi connectivity index (χ3v) is 5.80. The van der Waals surface area contributed by atoms with Crippen molar-refractivity contribution < 1.29 is 13.2 Å². The van der Waals surface area contributed by atoms with Gasteiger partial charge in [-0.3, -0.25) is 9.52 Å². The maximum Gasteiger partial charge on any atom is 0.261 e. The molecule has 1 heterocycles. The van der Waals surface area contributed by atoms with E-state index in [1.54, 1.807) is 42.5 Å². The van der Waals surface area contributed by atoms with Crippen LogP contribution in [-0.2, 0) is 14.8 Å². The molecule has 1 saturated heterocycles. The largest absolute Gasteiger partial charge is 0.324 e. The number of hydrogen-bond acceptors (Lipinski definition) is 4. The molecule has 7 heteroatoms. The van der Waals surface area contributed by atoms with Crippen LogP contribution in [0.25, 0.3) is 0 Å². The van der Waals surface area contributed by atoms with Gasteiger partial charge in [0, 0.05) is 5.92 Å². The molecule has 1 aliphatic rings. The fraction of sp³-hybridized carbons (Fsp3) is 0.278. The highest BCUT2D eigenvalue weighted by Crippen LogP contribution is 2.26. The molecule has 0 spiro atoms. The second-order valence-electron chi connectivity index (χ2n) is 6.16. The molecule has 6 nitrogen and oxygen atoms in total. The Morgan fingerprint density at radius 3 is 2.24 bits per heavy atom. The van der Waals surface area contributed by atoms with Crippen molar-refractivity contribution in [2.75, 3.05) is 23.1 Å². The van der Waals surface area contributed by atoms with E-state index >= 15 is 0 Å². The summed E-state index contributed by atoms with van der Waals surface area (Å²) in [6.07, 6.45) is 0. The average Bonchev–Trinajstić information content (AvgIpc) is 2.55. The van der Waals surface area contributed by atoms with Crippen LogP contribution in [0.1, 0.15) is 6.92 Å². The highest BCUT2D eigenvalue weighted by molar-refractivity contribution is 7.92. The van der Waals surface area contributed by atoms with Gasteiger partial charge in [0.05, 0.1) is 16.3 Å². The minimum absolute atomic E-state index is 0.113. The van der Waals surface area contributed by atoms with Crippen molar-refractivity contribution in [2.24, 2.45) is 11.8 Å². The van der Waals surface area contributed by atoms with Gasteiger partial charge < -0.3 is 10.6 Å². The molecule has 3 rings (SSSR count). The number of rotatable bonds is 6. The van der Waals surface area contributed by atoms with Crippen LogP contribution in [0.5, 0.6) is 0 Å². The predicted octanol–water partition coefficient (Wildman–Crippen LogP) is 2.28. The molecule has 1 atom stereocenters. The SMILES string of the molecule is CC(C(=O)Nc1ccccc1NS(=O)(=O)c1ccccc1)C1CNC1. The maximum absolute atomic E-state index is 12.5. The van der Waals surface area contributed by atoms with Crippen LogP contribution in [0, 0.1) is 11.8 Å². The van der Waals surface area contributed by atoms with E-state index in [9.17, 15) is 13.2 Å². The summed E-state index contributed by atoms with van der Waals surface area (Å²) in [5.74, 6) is 0.0612. The monoisotopic (exact) mass is 359 g/mol. The average molecular weight is 359 g/mol. The van der Waals surface area contributed by atoms with Gasteiger partial charge in [-0.1, -0.05) is 37.3 Å². The highest BCUT2D eigenvalue weighted by Gasteiger charge is 2.29. The van der Waals surface area contributed by atoms with Gasteiger partial charge in [-0.15, -0.1) is 0 Å². The second-order valence-corrected chi connectivity index (χ2v) is 7.84. The number of para-hydroxylation sites is 2. The van der Waals surface area contributed by atoms with Crippen molar-refractivity contribution in [1.82, 2.24) is 5.32 Å². The van der Waals surface area contributed by atoms with E-state index in [1.807, 2.05) is 6.92 Å². The fourth-order valence-electron chi connectivity index (χ4n) is 2.61. The number of amides is 1. The van der Waals surface area contributed by atoms with Crippen LogP contribution in [0.15, 0.2) is 59.5 Å². The van der Waals surface area contributed by atoms with Crippen LogP contribution >= 0.6 is 0 Å². The number of sulfonamides is 1. The van der Waals surface area contributed by atoms with E-state index < -0.39 is 10.0 Å². The van der Waals surface area contributed by atoms with Crippen LogP contribution in [-0.4, -0.2) is 27.4 Å². The van der Waals surface area contributed by atoms with Gasteiger partial charge in [-0.05, 0) is 43.3 Å². The summed E-state index contributed by atoms with van der Waals surface area (Å²) in [7, 11) is -3.71. The summed E-state index contributed by atoms with van der Waals surface area (Å²) in [5, 5.41) is 5.99. The van der Waals surface area contributed by atoms with Crippen molar-refractivity contribution in [3.8, 4) is 0 Å². The van der Waals surface area contributed by atoms with Crippen LogP contribution < -0.4 is 15.4 Å². The molecule has 0 aliphatic carbocycles. The first-order valence-electron chi connectivity index (χ1n) is 8.16. The zero-order valence-corrected chi connectivity index (χ0v) is 14.7. The number of hydrogen-bond donors (Lipinski definition) is 3. The van der Waals surface area contributed by atoms with Crippen molar-refractivity contribution in [2.45, 2.75) is 11.8 Å². The minimum atomic E-state index is -3.71. The quantitative estimate of drug-likeness (QED) is 0.738. The minimum Gasteiger partial charge on any atom is -0.324 e. The molecule has 3 N–H and O–H groups in total. The van der Waals surface area contributed by atoms with Gasteiger partial charge in [0.15, 0.2) is 0 Å². The summed E-state index contributed by atoms with van der Waals surface area (Å²) < 4.78 is 27.6. The summed E-state index contributed by atoms with van der Waals surface area (Å²) in [5.41, 5.74) is 0.796. The number of carbonyl (C=O) groups is 1. The molecular formula is C18H21N3O3S. The molecule has 0 saturated carbocycles. The summed E-state index contributed by atoms with van der Waals surface area (Å²) in [6, 6.07) is 14.9. The Morgan fingerprint density at radius 1 is 1.04 bits per heavy atom. The zero-order valence-electron chi connectivity index (χ0n) is 13.9. The van der Waals surface area contributed by atoms with Crippen molar-refractivity contribution in [3.63, 3.8) is 0 Å². The van der Waals surface area contributed by atoms with E-state index in [0.29, 0.717) is 17.3 Å². The van der Waals surface area contributed by atoms with Gasteiger partial charge in [-0.2, -0.15) is 0 Å². The van der Waals surface area contributed by atoms with E-state index in [4.69, 9.17) is 0 Å². The molecule has 1 aliphatic heterocycles. The standard InChI is InChI=1S/C18H21N3O3S/c1-13(14-11-19-12-14)18(22)20-16-9-5-6-10-17(16)21-25(23,24)15-7-3-2-4-8-15/h2-10,13-14,19,21H,11-12H2,1H3,(H,20,22). The first-order valence-corrected chi connectivity index (χ1v) is 9.64. The Morgan fingerprint density at radius 2 is 1.64 bits per heavy atom. The Kier molecular flexibility index (Phi) is 5.06. The summed E-state index contributed by atoms with van der Waals surface area (Å²) >= 11 is 0. The van der Waals surface area contributed by atoms with Crippen molar-refractivity contribution >= 4 is 27.3 Å². The van der Waals surface area contributed by atoms with E-state index in [-0.39, 0.29) is 16.7 Å². The molecule has 132 valence electrons. The number of carbonyl (C=O) groups excluding carboxylic acids is 1. The lowest BCUT2D eigenvalue weighted by Crippen LogP contribution is -2.48. The number of benzene rings is 2. The third kappa shape index (κ3) is 4.00. The molecule has 1 amide bonds. The molecule has 1 unspecified atom stereocenters. The molecule has 2 aromatic rings. The van der Waals surface area contributed by atoms with Crippen molar-refractivity contribution in [1.29, 1.82) is 0 Å². The molecule has 25 heavy (non-hydrogen) atoms. The predicted molar refractivity (Wildman–Crippen MR) is 97.8 cm³/mol. The van der Waals surface area contributed by atoms with Gasteiger partial charge in [0.25, 0.3) is 10.0 Å². The van der Waals surface area contributed by atoms with Gasteiger partial charge >= 0.3 is 0 Å². The summed E-state index contributed by atoms with van der Waals surface area (Å²) in [4.78, 5) is 12.6. The fourth-order valence-corrected chi connectivity index (χ4v) is 3.71. The third-order valence-electron chi connectivity index (χ3n) is 4.42. The molecular weight excluding hydrogens is 338 g/mol. The topological polar surface area (TPSA) is 87.3 Å². The van der Waals surface area contributed by atoms with Gasteiger partial charge in [0.2, 0.25) is 5.91 Å².